The van der Waals surface area contributed by atoms with E-state index in [-0.39, 0.29) is 5.82 Å². The molecule has 15 heavy (non-hydrogen) atoms. The summed E-state index contributed by atoms with van der Waals surface area (Å²) in [5.41, 5.74) is 1.77. The first kappa shape index (κ1) is 12.2. The molecule has 1 unspecified atom stereocenters. The van der Waals surface area contributed by atoms with Gasteiger partial charge in [0.05, 0.1) is 0 Å². The van der Waals surface area contributed by atoms with Crippen molar-refractivity contribution in [1.82, 2.24) is 5.32 Å². The highest BCUT2D eigenvalue weighted by Crippen LogP contribution is 2.17. The van der Waals surface area contributed by atoms with Gasteiger partial charge in [0.1, 0.15) is 5.82 Å². The van der Waals surface area contributed by atoms with Crippen molar-refractivity contribution in [2.45, 2.75) is 39.7 Å². The highest BCUT2D eigenvalue weighted by Gasteiger charge is 2.07. The van der Waals surface area contributed by atoms with E-state index in [1.54, 1.807) is 13.0 Å². The first-order valence-electron chi connectivity index (χ1n) is 5.50. The molecule has 0 amide bonds. The Hall–Kier alpha value is -0.890. The Morgan fingerprint density at radius 2 is 1.93 bits per heavy atom. The van der Waals surface area contributed by atoms with Crippen LogP contribution < -0.4 is 5.32 Å². The molecule has 0 aliphatic heterocycles. The van der Waals surface area contributed by atoms with Gasteiger partial charge in [0.15, 0.2) is 0 Å². The molecular formula is C13H20FN. The van der Waals surface area contributed by atoms with Gasteiger partial charge in [0.2, 0.25) is 0 Å². The summed E-state index contributed by atoms with van der Waals surface area (Å²) >= 11 is 0. The SMILES string of the molecule is Cc1ccc(C(C)CNC(C)C)cc1F. The molecule has 0 bridgehead atoms. The predicted octanol–water partition coefficient (Wildman–Crippen LogP) is 3.24. The van der Waals surface area contributed by atoms with Gasteiger partial charge in [0.25, 0.3) is 0 Å². The van der Waals surface area contributed by atoms with Crippen molar-refractivity contribution in [1.29, 1.82) is 0 Å². The minimum absolute atomic E-state index is 0.108. The van der Waals surface area contributed by atoms with Crippen LogP contribution in [0.15, 0.2) is 18.2 Å². The third-order valence-electron chi connectivity index (χ3n) is 2.60. The van der Waals surface area contributed by atoms with Crippen LogP contribution in [0.3, 0.4) is 0 Å². The van der Waals surface area contributed by atoms with Crippen molar-refractivity contribution in [3.63, 3.8) is 0 Å². The van der Waals surface area contributed by atoms with Crippen molar-refractivity contribution in [2.75, 3.05) is 6.54 Å². The van der Waals surface area contributed by atoms with E-state index in [0.717, 1.165) is 12.1 Å². The number of hydrogen-bond donors (Lipinski definition) is 1. The molecule has 1 aromatic rings. The number of halogens is 1. The Balaban J connectivity index is 2.65. The molecule has 1 aromatic carbocycles. The summed E-state index contributed by atoms with van der Waals surface area (Å²) in [7, 11) is 0. The van der Waals surface area contributed by atoms with E-state index in [0.29, 0.717) is 17.5 Å². The Morgan fingerprint density at radius 1 is 1.27 bits per heavy atom. The van der Waals surface area contributed by atoms with E-state index in [9.17, 15) is 4.39 Å². The smallest absolute Gasteiger partial charge is 0.126 e. The van der Waals surface area contributed by atoms with Crippen LogP contribution in [0.1, 0.15) is 37.8 Å². The highest BCUT2D eigenvalue weighted by molar-refractivity contribution is 5.25. The topological polar surface area (TPSA) is 12.0 Å². The lowest BCUT2D eigenvalue weighted by Gasteiger charge is -2.15. The number of nitrogens with one attached hydrogen (secondary N) is 1. The van der Waals surface area contributed by atoms with Crippen LogP contribution >= 0.6 is 0 Å². The number of benzene rings is 1. The fourth-order valence-electron chi connectivity index (χ4n) is 1.45. The van der Waals surface area contributed by atoms with Crippen LogP contribution in [0.5, 0.6) is 0 Å². The fraction of sp³-hybridized carbons (Fsp3) is 0.538. The molecule has 1 N–H and O–H groups in total. The molecule has 1 nitrogen and oxygen atoms in total. The molecular weight excluding hydrogens is 189 g/mol. The fourth-order valence-corrected chi connectivity index (χ4v) is 1.45. The van der Waals surface area contributed by atoms with E-state index in [4.69, 9.17) is 0 Å². The van der Waals surface area contributed by atoms with Crippen LogP contribution in [-0.2, 0) is 0 Å². The minimum Gasteiger partial charge on any atom is -0.314 e. The van der Waals surface area contributed by atoms with Gasteiger partial charge >= 0.3 is 0 Å². The van der Waals surface area contributed by atoms with Gasteiger partial charge in [0, 0.05) is 12.6 Å². The molecule has 0 spiro atoms. The Bertz CT molecular complexity index is 320. The standard InChI is InChI=1S/C13H20FN/c1-9(2)15-8-11(4)12-6-5-10(3)13(14)7-12/h5-7,9,11,15H,8H2,1-4H3. The van der Waals surface area contributed by atoms with Gasteiger partial charge in [-0.2, -0.15) is 0 Å². The number of rotatable bonds is 4. The van der Waals surface area contributed by atoms with E-state index in [1.165, 1.54) is 0 Å². The zero-order chi connectivity index (χ0) is 11.4. The summed E-state index contributed by atoms with van der Waals surface area (Å²) in [6.45, 7) is 9.01. The maximum atomic E-state index is 13.3. The summed E-state index contributed by atoms with van der Waals surface area (Å²) in [4.78, 5) is 0. The lowest BCUT2D eigenvalue weighted by Crippen LogP contribution is -2.27. The van der Waals surface area contributed by atoms with Crippen LogP contribution in [0.4, 0.5) is 4.39 Å². The zero-order valence-corrected chi connectivity index (χ0v) is 9.97. The average Bonchev–Trinajstić information content (AvgIpc) is 2.18. The molecule has 0 heterocycles. The van der Waals surface area contributed by atoms with Gasteiger partial charge in [-0.05, 0) is 30.0 Å². The normalized spacial score (nSPS) is 13.2. The molecule has 0 fully saturated rings. The summed E-state index contributed by atoms with van der Waals surface area (Å²) in [5, 5.41) is 3.36. The molecule has 0 aliphatic rings. The van der Waals surface area contributed by atoms with E-state index >= 15 is 0 Å². The lowest BCUT2D eigenvalue weighted by molar-refractivity contribution is 0.544. The first-order valence-corrected chi connectivity index (χ1v) is 5.50. The van der Waals surface area contributed by atoms with Crippen LogP contribution in [0.2, 0.25) is 0 Å². The first-order chi connectivity index (χ1) is 7.00. The van der Waals surface area contributed by atoms with E-state index in [1.807, 2.05) is 12.1 Å². The molecule has 0 saturated heterocycles. The maximum absolute atomic E-state index is 13.3. The lowest BCUT2D eigenvalue weighted by atomic mass is 9.99. The van der Waals surface area contributed by atoms with Crippen molar-refractivity contribution in [3.8, 4) is 0 Å². The van der Waals surface area contributed by atoms with Gasteiger partial charge < -0.3 is 5.32 Å². The molecule has 0 aromatic heterocycles. The number of hydrogen-bond acceptors (Lipinski definition) is 1. The number of aryl methyl sites for hydroxylation is 1. The highest BCUT2D eigenvalue weighted by atomic mass is 19.1. The van der Waals surface area contributed by atoms with Gasteiger partial charge in [-0.15, -0.1) is 0 Å². The molecule has 1 atom stereocenters. The second kappa shape index (κ2) is 5.26. The van der Waals surface area contributed by atoms with E-state index < -0.39 is 0 Å². The van der Waals surface area contributed by atoms with Crippen molar-refractivity contribution in [2.24, 2.45) is 0 Å². The van der Waals surface area contributed by atoms with Gasteiger partial charge in [-0.3, -0.25) is 0 Å². The third-order valence-corrected chi connectivity index (χ3v) is 2.60. The molecule has 1 rings (SSSR count). The summed E-state index contributed by atoms with van der Waals surface area (Å²) < 4.78 is 13.3. The van der Waals surface area contributed by atoms with Crippen LogP contribution in [0, 0.1) is 12.7 Å². The van der Waals surface area contributed by atoms with Crippen molar-refractivity contribution in [3.05, 3.63) is 35.1 Å². The molecule has 2 heteroatoms. The van der Waals surface area contributed by atoms with Gasteiger partial charge in [-0.1, -0.05) is 32.9 Å². The molecule has 84 valence electrons. The largest absolute Gasteiger partial charge is 0.314 e. The quantitative estimate of drug-likeness (QED) is 0.802. The van der Waals surface area contributed by atoms with Crippen LogP contribution in [-0.4, -0.2) is 12.6 Å². The monoisotopic (exact) mass is 209 g/mol. The van der Waals surface area contributed by atoms with Crippen molar-refractivity contribution < 1.29 is 4.39 Å². The molecule has 0 aliphatic carbocycles. The van der Waals surface area contributed by atoms with Crippen LogP contribution in [0.25, 0.3) is 0 Å². The second-order valence-corrected chi connectivity index (χ2v) is 4.47. The Labute approximate surface area is 91.7 Å². The second-order valence-electron chi connectivity index (χ2n) is 4.47. The van der Waals surface area contributed by atoms with Gasteiger partial charge in [-0.25, -0.2) is 4.39 Å². The summed E-state index contributed by atoms with van der Waals surface area (Å²) in [5.74, 6) is 0.242. The predicted molar refractivity (Wildman–Crippen MR) is 62.7 cm³/mol. The van der Waals surface area contributed by atoms with Crippen molar-refractivity contribution >= 4 is 0 Å². The summed E-state index contributed by atoms with van der Waals surface area (Å²) in [6, 6.07) is 5.96. The Morgan fingerprint density at radius 3 is 2.47 bits per heavy atom. The zero-order valence-electron chi connectivity index (χ0n) is 9.97. The summed E-state index contributed by atoms with van der Waals surface area (Å²) in [6.07, 6.45) is 0. The Kier molecular flexibility index (Phi) is 4.28. The van der Waals surface area contributed by atoms with E-state index in [2.05, 4.69) is 26.1 Å². The third kappa shape index (κ3) is 3.63. The molecule has 0 radical (unpaired) electrons. The molecule has 0 saturated carbocycles. The maximum Gasteiger partial charge on any atom is 0.126 e. The minimum atomic E-state index is -0.108. The average molecular weight is 209 g/mol.